The van der Waals surface area contributed by atoms with Crippen LogP contribution in [0.1, 0.15) is 36.7 Å². The number of anilines is 1. The number of nitrogens with one attached hydrogen (secondary N) is 2. The van der Waals surface area contributed by atoms with Gasteiger partial charge in [0.1, 0.15) is 0 Å². The van der Waals surface area contributed by atoms with E-state index in [2.05, 4.69) is 20.6 Å². The van der Waals surface area contributed by atoms with Gasteiger partial charge in [-0.3, -0.25) is 14.8 Å². The van der Waals surface area contributed by atoms with Gasteiger partial charge >= 0.3 is 0 Å². The van der Waals surface area contributed by atoms with Gasteiger partial charge in [-0.1, -0.05) is 0 Å². The Bertz CT molecular complexity index is 605. The number of pyridine rings is 2. The number of hydrogen-bond acceptors (Lipinski definition) is 4. The maximum absolute atomic E-state index is 12.1. The molecule has 0 saturated heterocycles. The topological polar surface area (TPSA) is 66.9 Å². The second-order valence-electron chi connectivity index (χ2n) is 5.88. The summed E-state index contributed by atoms with van der Waals surface area (Å²) in [7, 11) is 0. The minimum absolute atomic E-state index is 0.123. The predicted molar refractivity (Wildman–Crippen MR) is 83.0 cm³/mol. The fourth-order valence-corrected chi connectivity index (χ4v) is 1.78. The van der Waals surface area contributed by atoms with Crippen molar-refractivity contribution in [1.29, 1.82) is 0 Å². The molecule has 2 aromatic heterocycles. The molecule has 0 atom stereocenters. The number of nitrogens with zero attached hydrogens (tertiary/aromatic N) is 2. The summed E-state index contributed by atoms with van der Waals surface area (Å²) >= 11 is 0. The molecule has 5 heteroatoms. The van der Waals surface area contributed by atoms with Crippen LogP contribution in [0.2, 0.25) is 0 Å². The average molecular weight is 284 g/mol. The zero-order valence-corrected chi connectivity index (χ0v) is 12.6. The number of rotatable bonds is 4. The van der Waals surface area contributed by atoms with Gasteiger partial charge in [-0.2, -0.15) is 0 Å². The van der Waals surface area contributed by atoms with Crippen LogP contribution in [-0.4, -0.2) is 21.4 Å². The van der Waals surface area contributed by atoms with Crippen molar-refractivity contribution in [2.45, 2.75) is 32.9 Å². The molecule has 0 spiro atoms. The van der Waals surface area contributed by atoms with Gasteiger partial charge in [0.2, 0.25) is 0 Å². The van der Waals surface area contributed by atoms with E-state index in [0.29, 0.717) is 12.1 Å². The molecular weight excluding hydrogens is 264 g/mol. The summed E-state index contributed by atoms with van der Waals surface area (Å²) in [5.41, 5.74) is 2.21. The van der Waals surface area contributed by atoms with Gasteiger partial charge in [0.15, 0.2) is 0 Å². The van der Waals surface area contributed by atoms with Crippen molar-refractivity contribution in [2.24, 2.45) is 0 Å². The van der Waals surface area contributed by atoms with Gasteiger partial charge in [-0.05, 0) is 44.5 Å². The summed E-state index contributed by atoms with van der Waals surface area (Å²) < 4.78 is 0. The third-order valence-corrected chi connectivity index (χ3v) is 2.73. The molecule has 0 aliphatic rings. The van der Waals surface area contributed by atoms with E-state index in [0.717, 1.165) is 11.3 Å². The molecule has 2 rings (SSSR count). The fourth-order valence-electron chi connectivity index (χ4n) is 1.78. The summed E-state index contributed by atoms with van der Waals surface area (Å²) in [6.07, 6.45) is 6.78. The van der Waals surface area contributed by atoms with Crippen LogP contribution in [0.3, 0.4) is 0 Å². The van der Waals surface area contributed by atoms with Crippen LogP contribution in [0.25, 0.3) is 0 Å². The van der Waals surface area contributed by atoms with Crippen LogP contribution >= 0.6 is 0 Å². The van der Waals surface area contributed by atoms with Crippen molar-refractivity contribution in [3.63, 3.8) is 0 Å². The number of carbonyl (C=O) groups excluding carboxylic acids is 1. The zero-order valence-electron chi connectivity index (χ0n) is 12.6. The second-order valence-corrected chi connectivity index (χ2v) is 5.88. The Balaban J connectivity index is 2.02. The van der Waals surface area contributed by atoms with Crippen molar-refractivity contribution in [1.82, 2.24) is 15.3 Å². The summed E-state index contributed by atoms with van der Waals surface area (Å²) in [5.74, 6) is -0.123. The fraction of sp³-hybridized carbons (Fsp3) is 0.312. The van der Waals surface area contributed by atoms with Crippen molar-refractivity contribution in [2.75, 3.05) is 5.32 Å². The summed E-state index contributed by atoms with van der Waals surface area (Å²) in [4.78, 5) is 20.2. The molecule has 0 bridgehead atoms. The Hall–Kier alpha value is -2.43. The van der Waals surface area contributed by atoms with Crippen molar-refractivity contribution in [3.8, 4) is 0 Å². The molecule has 1 amide bonds. The molecule has 110 valence electrons. The minimum Gasteiger partial charge on any atom is -0.380 e. The van der Waals surface area contributed by atoms with Crippen LogP contribution in [0.5, 0.6) is 0 Å². The van der Waals surface area contributed by atoms with Gasteiger partial charge in [0.25, 0.3) is 5.91 Å². The molecule has 0 fully saturated rings. The lowest BCUT2D eigenvalue weighted by molar-refractivity contribution is 0.0919. The van der Waals surface area contributed by atoms with Crippen LogP contribution in [0.4, 0.5) is 5.69 Å². The number of hydrogen-bond donors (Lipinski definition) is 2. The van der Waals surface area contributed by atoms with Crippen molar-refractivity contribution < 1.29 is 4.79 Å². The van der Waals surface area contributed by atoms with E-state index in [4.69, 9.17) is 0 Å². The standard InChI is InChI=1S/C16H20N4O/c1-16(2,3)20-15(21)13-8-14(11-18-10-13)19-9-12-4-6-17-7-5-12/h4-8,10-11,19H,9H2,1-3H3,(H,20,21). The normalized spacial score (nSPS) is 11.0. The van der Waals surface area contributed by atoms with E-state index in [-0.39, 0.29) is 11.4 Å². The maximum Gasteiger partial charge on any atom is 0.253 e. The molecule has 21 heavy (non-hydrogen) atoms. The van der Waals surface area contributed by atoms with E-state index >= 15 is 0 Å². The number of carbonyl (C=O) groups is 1. The summed E-state index contributed by atoms with van der Waals surface area (Å²) in [6, 6.07) is 5.68. The third-order valence-electron chi connectivity index (χ3n) is 2.73. The minimum atomic E-state index is -0.266. The van der Waals surface area contributed by atoms with Gasteiger partial charge in [0.05, 0.1) is 11.3 Å². The molecule has 0 aliphatic carbocycles. The smallest absolute Gasteiger partial charge is 0.253 e. The predicted octanol–water partition coefficient (Wildman–Crippen LogP) is 2.62. The van der Waals surface area contributed by atoms with Gasteiger partial charge < -0.3 is 10.6 Å². The van der Waals surface area contributed by atoms with E-state index in [1.165, 1.54) is 0 Å². The van der Waals surface area contributed by atoms with Crippen LogP contribution in [0.15, 0.2) is 43.0 Å². The first kappa shape index (κ1) is 15.0. The highest BCUT2D eigenvalue weighted by molar-refractivity contribution is 5.95. The zero-order chi connectivity index (χ0) is 15.3. The lowest BCUT2D eigenvalue weighted by atomic mass is 10.1. The van der Waals surface area contributed by atoms with Gasteiger partial charge in [-0.25, -0.2) is 0 Å². The quantitative estimate of drug-likeness (QED) is 0.905. The largest absolute Gasteiger partial charge is 0.380 e. The Morgan fingerprint density at radius 2 is 1.86 bits per heavy atom. The molecular formula is C16H20N4O. The molecule has 5 nitrogen and oxygen atoms in total. The first-order chi connectivity index (χ1) is 9.94. The van der Waals surface area contributed by atoms with Crippen molar-refractivity contribution in [3.05, 3.63) is 54.1 Å². The molecule has 0 aliphatic heterocycles. The maximum atomic E-state index is 12.1. The summed E-state index contributed by atoms with van der Waals surface area (Å²) in [6.45, 7) is 6.51. The molecule has 0 saturated carbocycles. The highest BCUT2D eigenvalue weighted by atomic mass is 16.1. The Labute approximate surface area is 124 Å². The van der Waals surface area contributed by atoms with Crippen LogP contribution in [-0.2, 0) is 6.54 Å². The SMILES string of the molecule is CC(C)(C)NC(=O)c1cncc(NCc2ccncc2)c1. The van der Waals surface area contributed by atoms with Crippen LogP contribution in [0, 0.1) is 0 Å². The number of aromatic nitrogens is 2. The van der Waals surface area contributed by atoms with Gasteiger partial charge in [-0.15, -0.1) is 0 Å². The molecule has 2 N–H and O–H groups in total. The first-order valence-corrected chi connectivity index (χ1v) is 6.84. The van der Waals surface area contributed by atoms with E-state index in [1.807, 2.05) is 32.9 Å². The Kier molecular flexibility index (Phi) is 4.52. The van der Waals surface area contributed by atoms with Crippen molar-refractivity contribution >= 4 is 11.6 Å². The van der Waals surface area contributed by atoms with E-state index in [1.54, 1.807) is 30.9 Å². The Morgan fingerprint density at radius 1 is 1.14 bits per heavy atom. The first-order valence-electron chi connectivity index (χ1n) is 6.84. The molecule has 0 unspecified atom stereocenters. The average Bonchev–Trinajstić information content (AvgIpc) is 2.45. The second kappa shape index (κ2) is 6.35. The highest BCUT2D eigenvalue weighted by Crippen LogP contribution is 2.11. The lowest BCUT2D eigenvalue weighted by Crippen LogP contribution is -2.40. The van der Waals surface area contributed by atoms with E-state index in [9.17, 15) is 4.79 Å². The molecule has 2 heterocycles. The summed E-state index contributed by atoms with van der Waals surface area (Å²) in [5, 5.41) is 6.17. The molecule has 0 aromatic carbocycles. The number of amides is 1. The monoisotopic (exact) mass is 284 g/mol. The van der Waals surface area contributed by atoms with E-state index < -0.39 is 0 Å². The Morgan fingerprint density at radius 3 is 2.52 bits per heavy atom. The molecule has 2 aromatic rings. The van der Waals surface area contributed by atoms with Gasteiger partial charge in [0, 0.05) is 36.9 Å². The molecule has 0 radical (unpaired) electrons. The lowest BCUT2D eigenvalue weighted by Gasteiger charge is -2.20. The van der Waals surface area contributed by atoms with Crippen LogP contribution < -0.4 is 10.6 Å². The third kappa shape index (κ3) is 4.87. The highest BCUT2D eigenvalue weighted by Gasteiger charge is 2.15.